The topological polar surface area (TPSA) is 37.4 Å². The molecule has 0 N–H and O–H groups in total. The van der Waals surface area contributed by atoms with Gasteiger partial charge in [0.2, 0.25) is 10.0 Å². The first-order chi connectivity index (χ1) is 13.4. The van der Waals surface area contributed by atoms with E-state index < -0.39 is 31.7 Å². The van der Waals surface area contributed by atoms with E-state index >= 15 is 0 Å². The summed E-state index contributed by atoms with van der Waals surface area (Å²) in [6, 6.07) is 10.6. The Labute approximate surface area is 179 Å². The summed E-state index contributed by atoms with van der Waals surface area (Å²) in [5.41, 5.74) is -0.0556. The summed E-state index contributed by atoms with van der Waals surface area (Å²) >= 11 is 7.15. The number of aryl methyl sites for hydroxylation is 1. The number of hydrogen-bond acceptors (Lipinski definition) is 3. The van der Waals surface area contributed by atoms with Gasteiger partial charge in [-0.25, -0.2) is 8.42 Å². The maximum absolute atomic E-state index is 13.2. The van der Waals surface area contributed by atoms with Crippen LogP contribution in [0.25, 0.3) is 0 Å². The standard InChI is InChI=1S/C20H23ClF3NO2S2/c1-4-10-25(13-15(3)28-16-7-5-6-14(2)11-16)29(26,27)17-8-9-19(21)18(12-17)20(22,23)24/h5-9,11-12,15H,4,10,13H2,1-3H3. The number of halogens is 4. The molecule has 0 saturated carbocycles. The van der Waals surface area contributed by atoms with Crippen molar-refractivity contribution in [3.63, 3.8) is 0 Å². The third-order valence-electron chi connectivity index (χ3n) is 4.14. The Kier molecular flexibility index (Phi) is 8.07. The van der Waals surface area contributed by atoms with Crippen molar-refractivity contribution in [3.05, 3.63) is 58.6 Å². The molecule has 2 aromatic rings. The van der Waals surface area contributed by atoms with Gasteiger partial charge in [-0.15, -0.1) is 11.8 Å². The largest absolute Gasteiger partial charge is 0.417 e. The maximum Gasteiger partial charge on any atom is 0.417 e. The van der Waals surface area contributed by atoms with Crippen LogP contribution < -0.4 is 0 Å². The van der Waals surface area contributed by atoms with Crippen LogP contribution >= 0.6 is 23.4 Å². The second-order valence-corrected chi connectivity index (χ2v) is 10.6. The number of thioether (sulfide) groups is 1. The second-order valence-electron chi connectivity index (χ2n) is 6.75. The molecule has 0 aliphatic heterocycles. The summed E-state index contributed by atoms with van der Waals surface area (Å²) in [7, 11) is -4.10. The maximum atomic E-state index is 13.2. The summed E-state index contributed by atoms with van der Waals surface area (Å²) in [4.78, 5) is 0.604. The van der Waals surface area contributed by atoms with Crippen molar-refractivity contribution in [2.24, 2.45) is 0 Å². The van der Waals surface area contributed by atoms with Crippen molar-refractivity contribution >= 4 is 33.4 Å². The molecule has 0 aliphatic rings. The van der Waals surface area contributed by atoms with E-state index in [0.29, 0.717) is 12.5 Å². The van der Waals surface area contributed by atoms with E-state index in [4.69, 9.17) is 11.6 Å². The molecule has 0 aromatic heterocycles. The zero-order chi connectivity index (χ0) is 21.8. The molecule has 0 saturated heterocycles. The zero-order valence-electron chi connectivity index (χ0n) is 16.3. The lowest BCUT2D eigenvalue weighted by atomic mass is 10.2. The number of alkyl halides is 3. The highest BCUT2D eigenvalue weighted by Crippen LogP contribution is 2.36. The van der Waals surface area contributed by atoms with Crippen LogP contribution in [0.5, 0.6) is 0 Å². The van der Waals surface area contributed by atoms with Gasteiger partial charge in [0.15, 0.2) is 0 Å². The van der Waals surface area contributed by atoms with Gasteiger partial charge < -0.3 is 0 Å². The van der Waals surface area contributed by atoms with Crippen molar-refractivity contribution in [1.29, 1.82) is 0 Å². The molecule has 2 aromatic carbocycles. The monoisotopic (exact) mass is 465 g/mol. The third kappa shape index (κ3) is 6.38. The lowest BCUT2D eigenvalue weighted by Gasteiger charge is -2.25. The molecule has 29 heavy (non-hydrogen) atoms. The molecule has 1 unspecified atom stereocenters. The van der Waals surface area contributed by atoms with Gasteiger partial charge >= 0.3 is 6.18 Å². The SMILES string of the molecule is CCCN(CC(C)Sc1cccc(C)c1)S(=O)(=O)c1ccc(Cl)c(C(F)(F)F)c1. The molecule has 2 rings (SSSR count). The highest BCUT2D eigenvalue weighted by atomic mass is 35.5. The molecule has 160 valence electrons. The van der Waals surface area contributed by atoms with E-state index in [1.165, 1.54) is 16.1 Å². The fraction of sp³-hybridized carbons (Fsp3) is 0.400. The molecule has 9 heteroatoms. The molecular weight excluding hydrogens is 443 g/mol. The van der Waals surface area contributed by atoms with E-state index in [2.05, 4.69) is 0 Å². The van der Waals surface area contributed by atoms with Gasteiger partial charge in [0.05, 0.1) is 15.5 Å². The van der Waals surface area contributed by atoms with Gasteiger partial charge in [-0.1, -0.05) is 43.1 Å². The molecule has 0 bridgehead atoms. The van der Waals surface area contributed by atoms with Gasteiger partial charge in [0.25, 0.3) is 0 Å². The average molecular weight is 466 g/mol. The van der Waals surface area contributed by atoms with Crippen molar-refractivity contribution in [2.75, 3.05) is 13.1 Å². The smallest absolute Gasteiger partial charge is 0.207 e. The van der Waals surface area contributed by atoms with E-state index in [1.807, 2.05) is 45.0 Å². The second kappa shape index (κ2) is 9.73. The fourth-order valence-electron chi connectivity index (χ4n) is 2.84. The first kappa shape index (κ1) is 24.1. The first-order valence-corrected chi connectivity index (χ1v) is 11.7. The minimum Gasteiger partial charge on any atom is -0.207 e. The van der Waals surface area contributed by atoms with Crippen molar-refractivity contribution in [2.45, 2.75) is 48.4 Å². The van der Waals surface area contributed by atoms with Crippen molar-refractivity contribution < 1.29 is 21.6 Å². The summed E-state index contributed by atoms with van der Waals surface area (Å²) in [6.07, 6.45) is -4.19. The Bertz CT molecular complexity index is 949. The average Bonchev–Trinajstić information content (AvgIpc) is 2.60. The minimum atomic E-state index is -4.73. The number of nitrogens with zero attached hydrogens (tertiary/aromatic N) is 1. The normalized spacial score (nSPS) is 13.7. The number of sulfonamides is 1. The van der Waals surface area contributed by atoms with Gasteiger partial charge in [-0.3, -0.25) is 0 Å². The highest BCUT2D eigenvalue weighted by molar-refractivity contribution is 8.00. The Morgan fingerprint density at radius 3 is 2.45 bits per heavy atom. The molecule has 3 nitrogen and oxygen atoms in total. The lowest BCUT2D eigenvalue weighted by molar-refractivity contribution is -0.137. The molecule has 0 amide bonds. The summed E-state index contributed by atoms with van der Waals surface area (Å²) in [6.45, 7) is 6.09. The predicted molar refractivity (Wildman–Crippen MR) is 112 cm³/mol. The molecular formula is C20H23ClF3NO2S2. The van der Waals surface area contributed by atoms with E-state index in [0.717, 1.165) is 22.6 Å². The van der Waals surface area contributed by atoms with Crippen LogP contribution in [0.3, 0.4) is 0 Å². The van der Waals surface area contributed by atoms with Gasteiger partial charge in [0, 0.05) is 23.2 Å². The number of hydrogen-bond donors (Lipinski definition) is 0. The Balaban J connectivity index is 2.28. The summed E-state index contributed by atoms with van der Waals surface area (Å²) < 4.78 is 66.8. The molecule has 0 aliphatic carbocycles. The van der Waals surface area contributed by atoms with Gasteiger partial charge in [-0.05, 0) is 43.7 Å². The molecule has 0 heterocycles. The Morgan fingerprint density at radius 1 is 1.17 bits per heavy atom. The van der Waals surface area contributed by atoms with Gasteiger partial charge in [-0.2, -0.15) is 17.5 Å². The number of rotatable bonds is 8. The molecule has 0 spiro atoms. The molecule has 0 radical (unpaired) electrons. The predicted octanol–water partition coefficient (Wildman–Crippen LogP) is 6.25. The van der Waals surface area contributed by atoms with Crippen LogP contribution in [0.4, 0.5) is 13.2 Å². The quantitative estimate of drug-likeness (QED) is 0.432. The number of benzene rings is 2. The van der Waals surface area contributed by atoms with Crippen LogP contribution in [0, 0.1) is 6.92 Å². The molecule has 0 fully saturated rings. The highest BCUT2D eigenvalue weighted by Gasteiger charge is 2.35. The summed E-state index contributed by atoms with van der Waals surface area (Å²) in [5.74, 6) is 0. The van der Waals surface area contributed by atoms with Crippen LogP contribution in [0.1, 0.15) is 31.4 Å². The minimum absolute atomic E-state index is 0.0903. The van der Waals surface area contributed by atoms with Crippen LogP contribution in [0.2, 0.25) is 5.02 Å². The van der Waals surface area contributed by atoms with E-state index in [1.54, 1.807) is 0 Å². The fourth-order valence-corrected chi connectivity index (χ4v) is 5.93. The van der Waals surface area contributed by atoms with E-state index in [9.17, 15) is 21.6 Å². The van der Waals surface area contributed by atoms with Gasteiger partial charge in [0.1, 0.15) is 0 Å². The van der Waals surface area contributed by atoms with Crippen LogP contribution in [0.15, 0.2) is 52.3 Å². The first-order valence-electron chi connectivity index (χ1n) is 9.05. The van der Waals surface area contributed by atoms with Crippen LogP contribution in [-0.4, -0.2) is 31.1 Å². The summed E-state index contributed by atoms with van der Waals surface area (Å²) in [5, 5.41) is -0.616. The van der Waals surface area contributed by atoms with E-state index in [-0.39, 0.29) is 18.3 Å². The third-order valence-corrected chi connectivity index (χ3v) is 7.41. The van der Waals surface area contributed by atoms with Crippen molar-refractivity contribution in [3.8, 4) is 0 Å². The van der Waals surface area contributed by atoms with Crippen LogP contribution in [-0.2, 0) is 16.2 Å². The molecule has 1 atom stereocenters. The lowest BCUT2D eigenvalue weighted by Crippen LogP contribution is -2.36. The Morgan fingerprint density at radius 2 is 1.86 bits per heavy atom. The van der Waals surface area contributed by atoms with Crippen molar-refractivity contribution in [1.82, 2.24) is 4.31 Å². The zero-order valence-corrected chi connectivity index (χ0v) is 18.7. The Hall–Kier alpha value is -1.22.